The van der Waals surface area contributed by atoms with Gasteiger partial charge in [0.2, 0.25) is 5.91 Å². The number of hydrogen-bond acceptors (Lipinski definition) is 2. The van der Waals surface area contributed by atoms with Crippen LogP contribution < -0.4 is 10.1 Å². The molecule has 2 rings (SSSR count). The first-order chi connectivity index (χ1) is 8.60. The maximum absolute atomic E-state index is 12.1. The summed E-state index contributed by atoms with van der Waals surface area (Å²) in [5, 5.41) is 3.01. The Hall–Kier alpha value is -1.51. The number of carbonyl (C=O) groups is 1. The Labute approximate surface area is 109 Å². The van der Waals surface area contributed by atoms with E-state index in [1.807, 2.05) is 32.0 Å². The lowest BCUT2D eigenvalue weighted by Gasteiger charge is -2.16. The van der Waals surface area contributed by atoms with Crippen LogP contribution in [0.3, 0.4) is 0 Å². The monoisotopic (exact) mass is 247 g/mol. The molecule has 3 nitrogen and oxygen atoms in total. The summed E-state index contributed by atoms with van der Waals surface area (Å²) in [5.41, 5.74) is 1.77. The van der Waals surface area contributed by atoms with Gasteiger partial charge in [-0.15, -0.1) is 0 Å². The normalized spacial score (nSPS) is 16.2. The van der Waals surface area contributed by atoms with E-state index in [1.54, 1.807) is 0 Å². The van der Waals surface area contributed by atoms with E-state index in [2.05, 4.69) is 12.2 Å². The van der Waals surface area contributed by atoms with Crippen molar-refractivity contribution in [2.24, 2.45) is 5.41 Å². The molecule has 1 saturated carbocycles. The van der Waals surface area contributed by atoms with Crippen LogP contribution in [-0.2, 0) is 11.2 Å². The molecule has 0 radical (unpaired) electrons. The number of anilines is 1. The summed E-state index contributed by atoms with van der Waals surface area (Å²) in [7, 11) is 0. The molecule has 0 aliphatic heterocycles. The summed E-state index contributed by atoms with van der Waals surface area (Å²) in [4.78, 5) is 12.1. The third-order valence-electron chi connectivity index (χ3n) is 3.56. The second kappa shape index (κ2) is 5.01. The van der Waals surface area contributed by atoms with Crippen molar-refractivity contribution in [1.29, 1.82) is 0 Å². The van der Waals surface area contributed by atoms with Gasteiger partial charge in [0.1, 0.15) is 5.75 Å². The minimum absolute atomic E-state index is 0.108. The van der Waals surface area contributed by atoms with Crippen molar-refractivity contribution in [3.63, 3.8) is 0 Å². The Morgan fingerprint density at radius 3 is 2.67 bits per heavy atom. The van der Waals surface area contributed by atoms with Gasteiger partial charge in [0, 0.05) is 5.41 Å². The lowest BCUT2D eigenvalue weighted by Crippen LogP contribution is -2.22. The van der Waals surface area contributed by atoms with Gasteiger partial charge >= 0.3 is 0 Å². The Bertz CT molecular complexity index is 450. The van der Waals surface area contributed by atoms with Crippen LogP contribution in [0.15, 0.2) is 18.2 Å². The molecule has 0 aromatic heterocycles. The summed E-state index contributed by atoms with van der Waals surface area (Å²) in [5.74, 6) is 0.928. The van der Waals surface area contributed by atoms with Crippen LogP contribution >= 0.6 is 0 Å². The van der Waals surface area contributed by atoms with E-state index in [4.69, 9.17) is 4.74 Å². The van der Waals surface area contributed by atoms with Gasteiger partial charge in [-0.05, 0) is 37.8 Å². The Morgan fingerprint density at radius 2 is 2.11 bits per heavy atom. The number of nitrogens with one attached hydrogen (secondary N) is 1. The second-order valence-corrected chi connectivity index (χ2v) is 5.10. The largest absolute Gasteiger partial charge is 0.491 e. The first-order valence-electron chi connectivity index (χ1n) is 6.67. The van der Waals surface area contributed by atoms with E-state index in [-0.39, 0.29) is 11.3 Å². The molecule has 0 spiro atoms. The van der Waals surface area contributed by atoms with Crippen molar-refractivity contribution in [3.05, 3.63) is 23.8 Å². The number of ether oxygens (including phenoxy) is 1. The molecule has 1 aliphatic carbocycles. The number of amides is 1. The Kier molecular flexibility index (Phi) is 3.60. The molecule has 3 heteroatoms. The van der Waals surface area contributed by atoms with Gasteiger partial charge in [-0.3, -0.25) is 4.79 Å². The minimum atomic E-state index is -0.161. The molecule has 1 amide bonds. The fraction of sp³-hybridized carbons (Fsp3) is 0.533. The zero-order valence-electron chi connectivity index (χ0n) is 11.4. The van der Waals surface area contributed by atoms with Gasteiger partial charge in [-0.25, -0.2) is 0 Å². The standard InChI is InChI=1S/C15H21NO2/c1-4-11-7-6-8-12(13(11)18-5-2)16-14(17)15(3)9-10-15/h6-8H,4-5,9-10H2,1-3H3,(H,16,17). The van der Waals surface area contributed by atoms with Crippen LogP contribution in [0, 0.1) is 5.41 Å². The van der Waals surface area contributed by atoms with Crippen molar-refractivity contribution in [1.82, 2.24) is 0 Å². The minimum Gasteiger partial charge on any atom is -0.491 e. The first-order valence-corrected chi connectivity index (χ1v) is 6.67. The van der Waals surface area contributed by atoms with Gasteiger partial charge in [-0.2, -0.15) is 0 Å². The van der Waals surface area contributed by atoms with E-state index in [9.17, 15) is 4.79 Å². The summed E-state index contributed by atoms with van der Waals surface area (Å²) in [6.07, 6.45) is 2.86. The maximum Gasteiger partial charge on any atom is 0.230 e. The smallest absolute Gasteiger partial charge is 0.230 e. The molecular formula is C15H21NO2. The molecule has 1 aliphatic rings. The summed E-state index contributed by atoms with van der Waals surface area (Å²) in [6, 6.07) is 5.92. The fourth-order valence-electron chi connectivity index (χ4n) is 1.96. The predicted molar refractivity (Wildman–Crippen MR) is 73.0 cm³/mol. The van der Waals surface area contributed by atoms with E-state index in [1.165, 1.54) is 0 Å². The topological polar surface area (TPSA) is 38.3 Å². The Morgan fingerprint density at radius 1 is 1.39 bits per heavy atom. The van der Waals surface area contributed by atoms with Crippen LogP contribution in [0.2, 0.25) is 0 Å². The molecule has 0 unspecified atom stereocenters. The van der Waals surface area contributed by atoms with Crippen molar-refractivity contribution >= 4 is 11.6 Å². The third kappa shape index (κ3) is 2.50. The fourth-order valence-corrected chi connectivity index (χ4v) is 1.96. The van der Waals surface area contributed by atoms with Crippen LogP contribution in [0.5, 0.6) is 5.75 Å². The van der Waals surface area contributed by atoms with Crippen LogP contribution in [0.1, 0.15) is 39.2 Å². The van der Waals surface area contributed by atoms with Gasteiger partial charge in [0.15, 0.2) is 0 Å². The molecule has 1 aromatic carbocycles. The molecule has 98 valence electrons. The molecule has 1 aromatic rings. The first kappa shape index (κ1) is 12.9. The SMILES string of the molecule is CCOc1c(CC)cccc1NC(=O)C1(C)CC1. The van der Waals surface area contributed by atoms with Crippen molar-refractivity contribution in [3.8, 4) is 5.75 Å². The zero-order valence-corrected chi connectivity index (χ0v) is 11.4. The van der Waals surface area contributed by atoms with E-state index < -0.39 is 0 Å². The number of aryl methyl sites for hydroxylation is 1. The highest BCUT2D eigenvalue weighted by Crippen LogP contribution is 2.46. The third-order valence-corrected chi connectivity index (χ3v) is 3.56. The highest BCUT2D eigenvalue weighted by molar-refractivity contribution is 5.98. The average molecular weight is 247 g/mol. The van der Waals surface area contributed by atoms with Gasteiger partial charge in [-0.1, -0.05) is 26.0 Å². The molecule has 18 heavy (non-hydrogen) atoms. The molecule has 1 N–H and O–H groups in total. The lowest BCUT2D eigenvalue weighted by atomic mass is 10.1. The molecule has 1 fully saturated rings. The van der Waals surface area contributed by atoms with Crippen molar-refractivity contribution in [2.45, 2.75) is 40.0 Å². The number of hydrogen-bond donors (Lipinski definition) is 1. The summed E-state index contributed by atoms with van der Waals surface area (Å²) in [6.45, 7) is 6.66. The zero-order chi connectivity index (χ0) is 13.2. The highest BCUT2D eigenvalue weighted by Gasteiger charge is 2.45. The average Bonchev–Trinajstić information content (AvgIpc) is 3.11. The predicted octanol–water partition coefficient (Wildman–Crippen LogP) is 3.39. The van der Waals surface area contributed by atoms with Gasteiger partial charge < -0.3 is 10.1 Å². The van der Waals surface area contributed by atoms with E-state index in [0.29, 0.717) is 6.61 Å². The number of rotatable bonds is 5. The molecule has 0 heterocycles. The molecule has 0 saturated heterocycles. The quantitative estimate of drug-likeness (QED) is 0.866. The summed E-state index contributed by atoms with van der Waals surface area (Å²) >= 11 is 0. The maximum atomic E-state index is 12.1. The molecular weight excluding hydrogens is 226 g/mol. The molecule has 0 atom stereocenters. The number of benzene rings is 1. The second-order valence-electron chi connectivity index (χ2n) is 5.10. The van der Waals surface area contributed by atoms with E-state index in [0.717, 1.165) is 36.3 Å². The van der Waals surface area contributed by atoms with Crippen LogP contribution in [-0.4, -0.2) is 12.5 Å². The van der Waals surface area contributed by atoms with Crippen LogP contribution in [0.4, 0.5) is 5.69 Å². The van der Waals surface area contributed by atoms with Crippen LogP contribution in [0.25, 0.3) is 0 Å². The lowest BCUT2D eigenvalue weighted by molar-refractivity contribution is -0.120. The van der Waals surface area contributed by atoms with Crippen molar-refractivity contribution < 1.29 is 9.53 Å². The van der Waals surface area contributed by atoms with Gasteiger partial charge in [0.05, 0.1) is 12.3 Å². The number of para-hydroxylation sites is 1. The van der Waals surface area contributed by atoms with Gasteiger partial charge in [0.25, 0.3) is 0 Å². The molecule has 0 bridgehead atoms. The summed E-state index contributed by atoms with van der Waals surface area (Å²) < 4.78 is 5.68. The van der Waals surface area contributed by atoms with Crippen molar-refractivity contribution in [2.75, 3.05) is 11.9 Å². The number of carbonyl (C=O) groups excluding carboxylic acids is 1. The van der Waals surface area contributed by atoms with E-state index >= 15 is 0 Å². The highest BCUT2D eigenvalue weighted by atomic mass is 16.5. The Balaban J connectivity index is 2.23.